The minimum absolute atomic E-state index is 0.309. The second kappa shape index (κ2) is 6.68. The van der Waals surface area contributed by atoms with Crippen LogP contribution in [0.15, 0.2) is 0 Å². The quantitative estimate of drug-likeness (QED) is 0.734. The van der Waals surface area contributed by atoms with E-state index in [1.54, 1.807) is 0 Å². The Kier molecular flexibility index (Phi) is 5.85. The van der Waals surface area contributed by atoms with E-state index in [0.29, 0.717) is 38.0 Å². The molecule has 1 rings (SSSR count). The first kappa shape index (κ1) is 14.9. The van der Waals surface area contributed by atoms with Gasteiger partial charge >= 0.3 is 0 Å². The molecule has 0 aromatic carbocycles. The first-order chi connectivity index (χ1) is 7.99. The Hall–Kier alpha value is -0.170. The molecule has 3 N–H and O–H groups in total. The van der Waals surface area contributed by atoms with Gasteiger partial charge in [-0.2, -0.15) is 12.7 Å². The Bertz CT molecular complexity index is 319. The van der Waals surface area contributed by atoms with Crippen LogP contribution < -0.4 is 10.5 Å². The first-order valence-electron chi connectivity index (χ1n) is 6.44. The highest BCUT2D eigenvalue weighted by atomic mass is 32.2. The summed E-state index contributed by atoms with van der Waals surface area (Å²) < 4.78 is 28.3. The van der Waals surface area contributed by atoms with Crippen LogP contribution in [0.4, 0.5) is 0 Å². The Morgan fingerprint density at radius 2 is 2.24 bits per heavy atom. The highest BCUT2D eigenvalue weighted by Crippen LogP contribution is 2.17. The van der Waals surface area contributed by atoms with Crippen molar-refractivity contribution in [1.82, 2.24) is 9.03 Å². The second-order valence-corrected chi connectivity index (χ2v) is 6.72. The van der Waals surface area contributed by atoms with Crippen LogP contribution in [-0.4, -0.2) is 38.9 Å². The smallest absolute Gasteiger partial charge is 0.279 e. The zero-order valence-corrected chi connectivity index (χ0v) is 11.7. The van der Waals surface area contributed by atoms with Gasteiger partial charge in [0.2, 0.25) is 0 Å². The van der Waals surface area contributed by atoms with E-state index >= 15 is 0 Å². The molecule has 1 aliphatic rings. The summed E-state index contributed by atoms with van der Waals surface area (Å²) in [6, 6.07) is 0. The van der Waals surface area contributed by atoms with Gasteiger partial charge in [-0.05, 0) is 31.2 Å². The minimum atomic E-state index is -3.30. The van der Waals surface area contributed by atoms with Crippen LogP contribution in [0, 0.1) is 11.8 Å². The summed E-state index contributed by atoms with van der Waals surface area (Å²) in [6.07, 6.45) is 2.92. The molecule has 0 aromatic rings. The summed E-state index contributed by atoms with van der Waals surface area (Å²) in [5, 5.41) is 0. The topological polar surface area (TPSA) is 75.4 Å². The van der Waals surface area contributed by atoms with Crippen LogP contribution in [0.1, 0.15) is 33.1 Å². The molecule has 0 radical (unpaired) electrons. The molecule has 6 heteroatoms. The average Bonchev–Trinajstić information content (AvgIpc) is 2.36. The number of hydrogen-bond acceptors (Lipinski definition) is 3. The maximum absolute atomic E-state index is 12.0. The lowest BCUT2D eigenvalue weighted by Gasteiger charge is -2.31. The molecule has 0 amide bonds. The summed E-state index contributed by atoms with van der Waals surface area (Å²) in [5.74, 6) is 0.684. The highest BCUT2D eigenvalue weighted by Gasteiger charge is 2.27. The van der Waals surface area contributed by atoms with Crippen molar-refractivity contribution in [3.63, 3.8) is 0 Å². The van der Waals surface area contributed by atoms with E-state index in [4.69, 9.17) is 5.73 Å². The largest absolute Gasteiger partial charge is 0.330 e. The molecule has 1 saturated heterocycles. The minimum Gasteiger partial charge on any atom is -0.330 e. The fourth-order valence-electron chi connectivity index (χ4n) is 1.92. The molecular formula is C11H25N3O2S. The van der Waals surface area contributed by atoms with Crippen LogP contribution in [-0.2, 0) is 10.2 Å². The number of nitrogens with zero attached hydrogens (tertiary/aromatic N) is 1. The number of rotatable bonds is 6. The average molecular weight is 263 g/mol. The van der Waals surface area contributed by atoms with Gasteiger partial charge in [-0.3, -0.25) is 0 Å². The van der Waals surface area contributed by atoms with Crippen molar-refractivity contribution in [1.29, 1.82) is 0 Å². The number of nitrogens with one attached hydrogen (secondary N) is 1. The zero-order chi connectivity index (χ0) is 12.9. The number of nitrogens with two attached hydrogens (primary N) is 1. The third-order valence-corrected chi connectivity index (χ3v) is 5.01. The van der Waals surface area contributed by atoms with Gasteiger partial charge in [0.25, 0.3) is 10.2 Å². The fourth-order valence-corrected chi connectivity index (χ4v) is 3.37. The molecule has 0 aromatic heterocycles. The van der Waals surface area contributed by atoms with Crippen molar-refractivity contribution < 1.29 is 8.42 Å². The van der Waals surface area contributed by atoms with Gasteiger partial charge in [-0.25, -0.2) is 4.72 Å². The van der Waals surface area contributed by atoms with E-state index in [0.717, 1.165) is 19.3 Å². The van der Waals surface area contributed by atoms with Gasteiger partial charge in [0, 0.05) is 19.6 Å². The van der Waals surface area contributed by atoms with Gasteiger partial charge in [-0.15, -0.1) is 0 Å². The Balaban J connectivity index is 2.51. The molecule has 0 bridgehead atoms. The molecule has 2 atom stereocenters. The lowest BCUT2D eigenvalue weighted by atomic mass is 10.0. The summed E-state index contributed by atoms with van der Waals surface area (Å²) in [7, 11) is -3.30. The number of hydrogen-bond donors (Lipinski definition) is 2. The summed E-state index contributed by atoms with van der Waals surface area (Å²) in [6.45, 7) is 6.37. The SMILES string of the molecule is CCC(C)CNS(=O)(=O)N1CCCC(CN)C1. The van der Waals surface area contributed by atoms with Crippen LogP contribution in [0.2, 0.25) is 0 Å². The Morgan fingerprint density at radius 3 is 2.82 bits per heavy atom. The Labute approximate surface area is 105 Å². The number of piperidine rings is 1. The third-order valence-electron chi connectivity index (χ3n) is 3.47. The molecule has 5 nitrogen and oxygen atoms in total. The van der Waals surface area contributed by atoms with Crippen molar-refractivity contribution >= 4 is 10.2 Å². The lowest BCUT2D eigenvalue weighted by molar-refractivity contribution is 0.268. The first-order valence-corrected chi connectivity index (χ1v) is 7.88. The van der Waals surface area contributed by atoms with Crippen LogP contribution in [0.25, 0.3) is 0 Å². The van der Waals surface area contributed by atoms with Gasteiger partial charge in [-0.1, -0.05) is 20.3 Å². The maximum Gasteiger partial charge on any atom is 0.279 e. The van der Waals surface area contributed by atoms with Crippen LogP contribution in [0.5, 0.6) is 0 Å². The molecule has 0 aliphatic carbocycles. The Morgan fingerprint density at radius 1 is 1.53 bits per heavy atom. The van der Waals surface area contributed by atoms with E-state index in [9.17, 15) is 8.42 Å². The molecule has 0 spiro atoms. The highest BCUT2D eigenvalue weighted by molar-refractivity contribution is 7.87. The normalized spacial score (nSPS) is 24.8. The van der Waals surface area contributed by atoms with E-state index in [2.05, 4.69) is 11.6 Å². The van der Waals surface area contributed by atoms with Gasteiger partial charge < -0.3 is 5.73 Å². The molecule has 102 valence electrons. The standard InChI is InChI=1S/C11H25N3O2S/c1-3-10(2)8-13-17(15,16)14-6-4-5-11(7-12)9-14/h10-11,13H,3-9,12H2,1-2H3. The van der Waals surface area contributed by atoms with E-state index in [-0.39, 0.29) is 0 Å². The van der Waals surface area contributed by atoms with E-state index in [1.807, 2.05) is 6.92 Å². The monoisotopic (exact) mass is 263 g/mol. The van der Waals surface area contributed by atoms with Gasteiger partial charge in [0.05, 0.1) is 0 Å². The van der Waals surface area contributed by atoms with Crippen LogP contribution in [0.3, 0.4) is 0 Å². The van der Waals surface area contributed by atoms with Gasteiger partial charge in [0.15, 0.2) is 0 Å². The van der Waals surface area contributed by atoms with Crippen molar-refractivity contribution in [2.75, 3.05) is 26.2 Å². The molecule has 0 saturated carbocycles. The predicted molar refractivity (Wildman–Crippen MR) is 69.7 cm³/mol. The second-order valence-electron chi connectivity index (χ2n) is 4.97. The summed E-state index contributed by atoms with van der Waals surface area (Å²) >= 11 is 0. The fraction of sp³-hybridized carbons (Fsp3) is 1.00. The lowest BCUT2D eigenvalue weighted by Crippen LogP contribution is -2.48. The molecule has 1 heterocycles. The van der Waals surface area contributed by atoms with Crippen molar-refractivity contribution in [2.45, 2.75) is 33.1 Å². The molecule has 1 aliphatic heterocycles. The van der Waals surface area contributed by atoms with Crippen molar-refractivity contribution in [3.8, 4) is 0 Å². The van der Waals surface area contributed by atoms with E-state index in [1.165, 1.54) is 4.31 Å². The molecule has 1 fully saturated rings. The van der Waals surface area contributed by atoms with Crippen molar-refractivity contribution in [2.24, 2.45) is 17.6 Å². The zero-order valence-electron chi connectivity index (χ0n) is 10.9. The van der Waals surface area contributed by atoms with Crippen LogP contribution >= 0.6 is 0 Å². The molecule has 17 heavy (non-hydrogen) atoms. The molecule has 2 unspecified atom stereocenters. The van der Waals surface area contributed by atoms with Gasteiger partial charge in [0.1, 0.15) is 0 Å². The van der Waals surface area contributed by atoms with Crippen molar-refractivity contribution in [3.05, 3.63) is 0 Å². The van der Waals surface area contributed by atoms with E-state index < -0.39 is 10.2 Å². The summed E-state index contributed by atoms with van der Waals surface area (Å²) in [5.41, 5.74) is 5.61. The summed E-state index contributed by atoms with van der Waals surface area (Å²) in [4.78, 5) is 0. The predicted octanol–water partition coefficient (Wildman–Crippen LogP) is 0.538. The maximum atomic E-state index is 12.0. The molecular weight excluding hydrogens is 238 g/mol. The third kappa shape index (κ3) is 4.54.